The van der Waals surface area contributed by atoms with Crippen molar-refractivity contribution >= 4 is 0 Å². The van der Waals surface area contributed by atoms with Gasteiger partial charge in [0.2, 0.25) is 0 Å². The lowest BCUT2D eigenvalue weighted by Crippen LogP contribution is -2.48. The van der Waals surface area contributed by atoms with Gasteiger partial charge in [-0.25, -0.2) is 0 Å². The molecule has 0 saturated heterocycles. The van der Waals surface area contributed by atoms with Gasteiger partial charge in [0.1, 0.15) is 0 Å². The van der Waals surface area contributed by atoms with Gasteiger partial charge in [-0.3, -0.25) is 0 Å². The monoisotopic (exact) mass is 215 g/mol. The van der Waals surface area contributed by atoms with Crippen LogP contribution in [0.2, 0.25) is 0 Å². The first-order valence-corrected chi connectivity index (χ1v) is 5.96. The minimum atomic E-state index is -0.195. The maximum atomic E-state index is 9.10. The highest BCUT2D eigenvalue weighted by molar-refractivity contribution is 4.87. The SMILES string of the molecule is CC(O)CCNC1CC(OC(C)(C)C)C1. The number of aliphatic hydroxyl groups is 1. The van der Waals surface area contributed by atoms with Crippen LogP contribution >= 0.6 is 0 Å². The van der Waals surface area contributed by atoms with Crippen LogP contribution in [0.4, 0.5) is 0 Å². The summed E-state index contributed by atoms with van der Waals surface area (Å²) in [7, 11) is 0. The normalized spacial score (nSPS) is 28.6. The van der Waals surface area contributed by atoms with Gasteiger partial charge in [0.15, 0.2) is 0 Å². The summed E-state index contributed by atoms with van der Waals surface area (Å²) in [6.45, 7) is 9.03. The molecule has 3 nitrogen and oxygen atoms in total. The van der Waals surface area contributed by atoms with E-state index in [1.54, 1.807) is 0 Å². The summed E-state index contributed by atoms with van der Waals surface area (Å²) in [5, 5.41) is 12.5. The van der Waals surface area contributed by atoms with Gasteiger partial charge in [0, 0.05) is 6.04 Å². The molecule has 1 aliphatic rings. The molecule has 1 unspecified atom stereocenters. The molecule has 0 aromatic carbocycles. The molecule has 1 saturated carbocycles. The fourth-order valence-electron chi connectivity index (χ4n) is 1.82. The molecule has 1 rings (SSSR count). The summed E-state index contributed by atoms with van der Waals surface area (Å²) in [6, 6.07) is 0.594. The number of ether oxygens (including phenoxy) is 1. The van der Waals surface area contributed by atoms with Gasteiger partial charge >= 0.3 is 0 Å². The van der Waals surface area contributed by atoms with Crippen LogP contribution in [0, 0.1) is 0 Å². The summed E-state index contributed by atoms with van der Waals surface area (Å²) in [6.07, 6.45) is 3.28. The Morgan fingerprint density at radius 1 is 1.40 bits per heavy atom. The molecular weight excluding hydrogens is 190 g/mol. The van der Waals surface area contributed by atoms with Gasteiger partial charge in [-0.2, -0.15) is 0 Å². The van der Waals surface area contributed by atoms with Crippen molar-refractivity contribution in [3.63, 3.8) is 0 Å². The molecule has 0 heterocycles. The smallest absolute Gasteiger partial charge is 0.0612 e. The van der Waals surface area contributed by atoms with E-state index in [0.29, 0.717) is 12.1 Å². The third-order valence-electron chi connectivity index (χ3n) is 2.61. The number of hydrogen-bond donors (Lipinski definition) is 2. The Bertz CT molecular complexity index is 181. The van der Waals surface area contributed by atoms with Crippen molar-refractivity contribution < 1.29 is 9.84 Å². The van der Waals surface area contributed by atoms with Crippen molar-refractivity contribution in [2.45, 2.75) is 70.8 Å². The Labute approximate surface area is 93.2 Å². The van der Waals surface area contributed by atoms with Crippen molar-refractivity contribution in [3.05, 3.63) is 0 Å². The fourth-order valence-corrected chi connectivity index (χ4v) is 1.82. The minimum absolute atomic E-state index is 0.0186. The molecule has 0 aliphatic heterocycles. The van der Waals surface area contributed by atoms with Crippen LogP contribution in [-0.4, -0.2) is 35.5 Å². The Balaban J connectivity index is 2.01. The zero-order valence-electron chi connectivity index (χ0n) is 10.4. The molecule has 15 heavy (non-hydrogen) atoms. The summed E-state index contributed by atoms with van der Waals surface area (Å²) in [5.74, 6) is 0. The van der Waals surface area contributed by atoms with Crippen LogP contribution in [0.15, 0.2) is 0 Å². The van der Waals surface area contributed by atoms with E-state index in [1.807, 2.05) is 6.92 Å². The van der Waals surface area contributed by atoms with Crippen LogP contribution in [0.25, 0.3) is 0 Å². The standard InChI is InChI=1S/C12H25NO2/c1-9(14)5-6-13-10-7-11(8-10)15-12(2,3)4/h9-11,13-14H,5-8H2,1-4H3. The number of nitrogens with one attached hydrogen (secondary N) is 1. The van der Waals surface area contributed by atoms with Gasteiger partial charge in [-0.05, 0) is 53.5 Å². The lowest BCUT2D eigenvalue weighted by atomic mass is 9.88. The van der Waals surface area contributed by atoms with Crippen molar-refractivity contribution in [1.82, 2.24) is 5.32 Å². The topological polar surface area (TPSA) is 41.5 Å². The van der Waals surface area contributed by atoms with E-state index in [2.05, 4.69) is 26.1 Å². The highest BCUT2D eigenvalue weighted by Gasteiger charge is 2.32. The third kappa shape index (κ3) is 5.50. The zero-order valence-corrected chi connectivity index (χ0v) is 10.4. The predicted molar refractivity (Wildman–Crippen MR) is 61.9 cm³/mol. The average molecular weight is 215 g/mol. The van der Waals surface area contributed by atoms with E-state index in [1.165, 1.54) is 0 Å². The number of rotatable bonds is 5. The Kier molecular flexibility index (Phi) is 4.56. The second-order valence-electron chi connectivity index (χ2n) is 5.61. The average Bonchev–Trinajstić information content (AvgIpc) is 1.96. The maximum absolute atomic E-state index is 9.10. The molecule has 0 aromatic heterocycles. The van der Waals surface area contributed by atoms with E-state index >= 15 is 0 Å². The lowest BCUT2D eigenvalue weighted by Gasteiger charge is -2.39. The quantitative estimate of drug-likeness (QED) is 0.733. The number of aliphatic hydroxyl groups excluding tert-OH is 1. The summed E-state index contributed by atoms with van der Waals surface area (Å²) >= 11 is 0. The van der Waals surface area contributed by atoms with Crippen LogP contribution < -0.4 is 5.32 Å². The minimum Gasteiger partial charge on any atom is -0.393 e. The molecule has 1 atom stereocenters. The molecule has 0 spiro atoms. The summed E-state index contributed by atoms with van der Waals surface area (Å²) in [5.41, 5.74) is -0.0186. The van der Waals surface area contributed by atoms with Crippen LogP contribution in [0.1, 0.15) is 47.0 Å². The Morgan fingerprint density at radius 3 is 2.47 bits per heavy atom. The van der Waals surface area contributed by atoms with E-state index < -0.39 is 0 Å². The summed E-state index contributed by atoms with van der Waals surface area (Å²) < 4.78 is 5.84. The van der Waals surface area contributed by atoms with E-state index in [9.17, 15) is 0 Å². The molecule has 0 bridgehead atoms. The first-order valence-electron chi connectivity index (χ1n) is 5.96. The highest BCUT2D eigenvalue weighted by atomic mass is 16.5. The second-order valence-corrected chi connectivity index (χ2v) is 5.61. The molecule has 90 valence electrons. The first-order chi connectivity index (χ1) is 6.87. The zero-order chi connectivity index (χ0) is 11.5. The molecule has 1 aliphatic carbocycles. The van der Waals surface area contributed by atoms with Crippen LogP contribution in [0.5, 0.6) is 0 Å². The molecule has 0 amide bonds. The molecule has 3 heteroatoms. The predicted octanol–water partition coefficient (Wildman–Crippen LogP) is 1.69. The van der Waals surface area contributed by atoms with Gasteiger partial charge in [-0.15, -0.1) is 0 Å². The lowest BCUT2D eigenvalue weighted by molar-refractivity contribution is -0.102. The molecule has 1 fully saturated rings. The van der Waals surface area contributed by atoms with E-state index in [0.717, 1.165) is 25.8 Å². The first kappa shape index (κ1) is 12.9. The molecular formula is C12H25NO2. The fraction of sp³-hybridized carbons (Fsp3) is 1.00. The van der Waals surface area contributed by atoms with Crippen molar-refractivity contribution in [3.8, 4) is 0 Å². The van der Waals surface area contributed by atoms with Gasteiger partial charge in [0.25, 0.3) is 0 Å². The number of hydrogen-bond acceptors (Lipinski definition) is 3. The second kappa shape index (κ2) is 5.28. The van der Waals surface area contributed by atoms with Gasteiger partial charge in [-0.1, -0.05) is 0 Å². The molecule has 0 aromatic rings. The third-order valence-corrected chi connectivity index (χ3v) is 2.61. The van der Waals surface area contributed by atoms with E-state index in [-0.39, 0.29) is 11.7 Å². The van der Waals surface area contributed by atoms with Gasteiger partial charge < -0.3 is 15.2 Å². The Morgan fingerprint density at radius 2 is 2.00 bits per heavy atom. The maximum Gasteiger partial charge on any atom is 0.0612 e. The molecule has 0 radical (unpaired) electrons. The molecule has 2 N–H and O–H groups in total. The van der Waals surface area contributed by atoms with Crippen LogP contribution in [-0.2, 0) is 4.74 Å². The van der Waals surface area contributed by atoms with Crippen molar-refractivity contribution in [2.75, 3.05) is 6.54 Å². The van der Waals surface area contributed by atoms with Crippen molar-refractivity contribution in [1.29, 1.82) is 0 Å². The van der Waals surface area contributed by atoms with Crippen molar-refractivity contribution in [2.24, 2.45) is 0 Å². The Hall–Kier alpha value is -0.120. The van der Waals surface area contributed by atoms with Crippen LogP contribution in [0.3, 0.4) is 0 Å². The highest BCUT2D eigenvalue weighted by Crippen LogP contribution is 2.27. The van der Waals surface area contributed by atoms with Gasteiger partial charge in [0.05, 0.1) is 17.8 Å². The largest absolute Gasteiger partial charge is 0.393 e. The summed E-state index contributed by atoms with van der Waals surface area (Å²) in [4.78, 5) is 0. The van der Waals surface area contributed by atoms with E-state index in [4.69, 9.17) is 9.84 Å².